The van der Waals surface area contributed by atoms with Gasteiger partial charge in [-0.25, -0.2) is 6.54 Å². The van der Waals surface area contributed by atoms with E-state index in [1.54, 1.807) is 5.70 Å². The van der Waals surface area contributed by atoms with E-state index in [0.29, 0.717) is 18.4 Å². The van der Waals surface area contributed by atoms with Crippen LogP contribution in [0.25, 0.3) is 0 Å². The number of halogens is 1. The quantitative estimate of drug-likeness (QED) is 0.128. The molecule has 2 aliphatic rings. The molecule has 5 rings (SSSR count). The summed E-state index contributed by atoms with van der Waals surface area (Å²) in [6.45, 7) is 23.3. The fraction of sp³-hybridized carbons (Fsp3) is 0.390. The first-order valence-electron chi connectivity index (χ1n) is 15.9. The summed E-state index contributed by atoms with van der Waals surface area (Å²) >= 11 is 4.40. The van der Waals surface area contributed by atoms with Crippen LogP contribution in [0.5, 0.6) is 5.75 Å². The molecule has 244 valence electrons. The van der Waals surface area contributed by atoms with Crippen LogP contribution in [0.3, 0.4) is 0 Å². The molecular weight excluding hydrogens is 750 g/mol. The Balaban J connectivity index is 0.000000301. The molecule has 3 aromatic carbocycles. The molecule has 0 amide bonds. The zero-order valence-electron chi connectivity index (χ0n) is 28.7. The molecule has 2 atom stereocenters. The van der Waals surface area contributed by atoms with Crippen LogP contribution in [-0.4, -0.2) is 10.4 Å². The predicted octanol–water partition coefficient (Wildman–Crippen LogP) is 12.1. The number of rotatable bonds is 8. The summed E-state index contributed by atoms with van der Waals surface area (Å²) in [5.74, 6) is 2.02. The first-order valence-corrected chi connectivity index (χ1v) is 21.1. The Hall–Kier alpha value is -2.04. The molecule has 0 N–H and O–H groups in total. The average Bonchev–Trinajstić information content (AvgIpc) is 3.30. The van der Waals surface area contributed by atoms with E-state index in [-0.39, 0.29) is 18.4 Å². The van der Waals surface area contributed by atoms with Crippen molar-refractivity contribution in [2.45, 2.75) is 97.6 Å². The molecule has 4 heteroatoms. The SMILES string of the molecule is CCC1=C(N2[CH-]C(C)(c3ccccc3)CC2(C)C)C(CC)CC=C1.[CH2-]c1cccc(C(C)C)c1OCc1ccccc1.[CH3-].[Ru+3][I]. The Kier molecular flexibility index (Phi) is 16.0. The number of nitrogens with zero attached hydrogens (tertiary/aromatic N) is 1. The zero-order chi connectivity index (χ0) is 32.3. The summed E-state index contributed by atoms with van der Waals surface area (Å²) in [4.78, 5) is 2.64. The Bertz CT molecular complexity index is 1360. The summed E-state index contributed by atoms with van der Waals surface area (Å²) in [5.41, 5.74) is 8.14. The molecular formula is C41H54INORu. The molecule has 2 nitrogen and oxygen atoms in total. The Labute approximate surface area is 297 Å². The number of hydrogen-bond donors (Lipinski definition) is 0. The topological polar surface area (TPSA) is 12.5 Å². The van der Waals surface area contributed by atoms with Gasteiger partial charge in [-0.15, -0.1) is 11.5 Å². The number of likely N-dealkylation sites (tertiary alicyclic amines) is 1. The molecule has 1 fully saturated rings. The molecule has 1 aliphatic heterocycles. The van der Waals surface area contributed by atoms with Crippen molar-refractivity contribution < 1.29 is 19.5 Å². The fourth-order valence-corrected chi connectivity index (χ4v) is 6.69. The van der Waals surface area contributed by atoms with E-state index in [2.05, 4.69) is 162 Å². The minimum atomic E-state index is 0. The van der Waals surface area contributed by atoms with E-state index >= 15 is 0 Å². The molecule has 1 heterocycles. The summed E-state index contributed by atoms with van der Waals surface area (Å²) in [7, 11) is 0. The average molecular weight is 805 g/mol. The Morgan fingerprint density at radius 1 is 0.956 bits per heavy atom. The predicted molar refractivity (Wildman–Crippen MR) is 200 cm³/mol. The summed E-state index contributed by atoms with van der Waals surface area (Å²) in [6, 6.07) is 27.3. The maximum absolute atomic E-state index is 5.95. The number of para-hydroxylation sites is 1. The van der Waals surface area contributed by atoms with Gasteiger partial charge >= 0.3 is 34.5 Å². The van der Waals surface area contributed by atoms with E-state index in [1.807, 2.05) is 30.3 Å². The molecule has 0 radical (unpaired) electrons. The van der Waals surface area contributed by atoms with Gasteiger partial charge in [0.2, 0.25) is 0 Å². The summed E-state index contributed by atoms with van der Waals surface area (Å²) in [5, 5.41) is 0. The third kappa shape index (κ3) is 9.98. The van der Waals surface area contributed by atoms with Crippen LogP contribution in [0, 0.1) is 26.8 Å². The molecule has 3 aromatic rings. The van der Waals surface area contributed by atoms with E-state index in [0.717, 1.165) is 24.2 Å². The van der Waals surface area contributed by atoms with Crippen molar-refractivity contribution in [3.63, 3.8) is 0 Å². The number of ether oxygens (including phenoxy) is 1. The Morgan fingerprint density at radius 3 is 2.16 bits per heavy atom. The molecule has 0 bridgehead atoms. The molecule has 2 unspecified atom stereocenters. The second-order valence-electron chi connectivity index (χ2n) is 13.0. The molecule has 0 aromatic heterocycles. The molecule has 0 spiro atoms. The van der Waals surface area contributed by atoms with E-state index in [1.165, 1.54) is 35.1 Å². The van der Waals surface area contributed by atoms with Gasteiger partial charge in [-0.1, -0.05) is 125 Å². The number of hydrogen-bond acceptors (Lipinski definition) is 2. The van der Waals surface area contributed by atoms with Crippen LogP contribution in [0.1, 0.15) is 102 Å². The van der Waals surface area contributed by atoms with Crippen molar-refractivity contribution in [1.29, 1.82) is 0 Å². The van der Waals surface area contributed by atoms with Crippen molar-refractivity contribution >= 4 is 19.8 Å². The van der Waals surface area contributed by atoms with Crippen LogP contribution >= 0.6 is 19.8 Å². The molecule has 45 heavy (non-hydrogen) atoms. The van der Waals surface area contributed by atoms with Crippen LogP contribution in [0.15, 0.2) is 102 Å². The molecule has 1 aliphatic carbocycles. The monoisotopic (exact) mass is 805 g/mol. The van der Waals surface area contributed by atoms with E-state index in [4.69, 9.17) is 4.74 Å². The normalized spacial score (nSPS) is 20.0. The van der Waals surface area contributed by atoms with Crippen molar-refractivity contribution in [2.75, 3.05) is 0 Å². The maximum atomic E-state index is 5.95. The summed E-state index contributed by atoms with van der Waals surface area (Å²) in [6.07, 6.45) is 9.40. The first kappa shape index (κ1) is 39.1. The third-order valence-electron chi connectivity index (χ3n) is 8.86. The van der Waals surface area contributed by atoms with Gasteiger partial charge in [0.1, 0.15) is 0 Å². The van der Waals surface area contributed by atoms with Crippen LogP contribution in [0.4, 0.5) is 0 Å². The fourth-order valence-electron chi connectivity index (χ4n) is 6.69. The molecule has 1 saturated heterocycles. The second kappa shape index (κ2) is 18.3. The second-order valence-corrected chi connectivity index (χ2v) is 13.0. The first-order chi connectivity index (χ1) is 21.1. The number of benzene rings is 3. The minimum absolute atomic E-state index is 0. The van der Waals surface area contributed by atoms with Gasteiger partial charge in [-0.2, -0.15) is 18.6 Å². The van der Waals surface area contributed by atoms with Crippen molar-refractivity contribution in [3.8, 4) is 5.75 Å². The van der Waals surface area contributed by atoms with Gasteiger partial charge in [0.15, 0.2) is 0 Å². The Morgan fingerprint density at radius 2 is 1.58 bits per heavy atom. The van der Waals surface area contributed by atoms with Crippen molar-refractivity contribution in [2.24, 2.45) is 5.92 Å². The van der Waals surface area contributed by atoms with Gasteiger partial charge in [0.25, 0.3) is 0 Å². The molecule has 0 saturated carbocycles. The van der Waals surface area contributed by atoms with Gasteiger partial charge in [-0.3, -0.25) is 0 Å². The van der Waals surface area contributed by atoms with Crippen LogP contribution in [-0.2, 0) is 26.8 Å². The third-order valence-corrected chi connectivity index (χ3v) is 8.86. The van der Waals surface area contributed by atoms with E-state index < -0.39 is 0 Å². The van der Waals surface area contributed by atoms with Gasteiger partial charge in [-0.05, 0) is 68.2 Å². The van der Waals surface area contributed by atoms with Gasteiger partial charge in [0, 0.05) is 11.3 Å². The standard InChI is InChI=1S/C23H32N.C17H19O.CH3.HI.Ru/c1-6-18-12-11-13-19(7-2)21(18)24-17-23(5,16-22(24,3)4)20-14-9-8-10-15-20;1-13(2)16-11-7-8-14(3)17(16)18-12-15-9-5-4-6-10-15;;;/h8-12,14-15,17,19H,6-7,13,16H2,1-5H3;4-11,13H,3,12H2,1-2H3;1H3;1H;/q3*-1;;+4/p-1. The van der Waals surface area contributed by atoms with Crippen molar-refractivity contribution in [1.82, 2.24) is 4.90 Å². The van der Waals surface area contributed by atoms with Crippen LogP contribution in [0.2, 0.25) is 0 Å². The van der Waals surface area contributed by atoms with Crippen LogP contribution < -0.4 is 4.74 Å². The van der Waals surface area contributed by atoms with E-state index in [9.17, 15) is 0 Å². The summed E-state index contributed by atoms with van der Waals surface area (Å²) < 4.78 is 5.95. The van der Waals surface area contributed by atoms with Gasteiger partial charge in [0.05, 0.1) is 6.61 Å². The zero-order valence-corrected chi connectivity index (χ0v) is 32.6. The van der Waals surface area contributed by atoms with Gasteiger partial charge < -0.3 is 17.1 Å². The number of allylic oxidation sites excluding steroid dienone is 4. The van der Waals surface area contributed by atoms with Crippen molar-refractivity contribution in [3.05, 3.63) is 145 Å².